The third-order valence-electron chi connectivity index (χ3n) is 1.80. The minimum absolute atomic E-state index is 0. The van der Waals surface area contributed by atoms with Crippen LogP contribution >= 0.6 is 24.0 Å². The van der Waals surface area contributed by atoms with Gasteiger partial charge >= 0.3 is 0 Å². The third-order valence-corrected chi connectivity index (χ3v) is 2.08. The first-order chi connectivity index (χ1) is 6.06. The van der Waals surface area contributed by atoms with E-state index in [-0.39, 0.29) is 29.2 Å². The first kappa shape index (κ1) is 13.4. The second kappa shape index (κ2) is 5.29. The fraction of sp³-hybridized carbons (Fsp3) is 0.333. The van der Waals surface area contributed by atoms with Crippen LogP contribution in [0.3, 0.4) is 0 Å². The lowest BCUT2D eigenvalue weighted by Gasteiger charge is -2.10. The molecule has 0 bridgehead atoms. The first-order valence-electron chi connectivity index (χ1n) is 3.88. The van der Waals surface area contributed by atoms with Gasteiger partial charge in [-0.05, 0) is 24.6 Å². The second-order valence-electron chi connectivity index (χ2n) is 2.84. The van der Waals surface area contributed by atoms with E-state index in [1.54, 1.807) is 12.1 Å². The van der Waals surface area contributed by atoms with Gasteiger partial charge < -0.3 is 15.6 Å². The van der Waals surface area contributed by atoms with Crippen molar-refractivity contribution in [2.75, 3.05) is 7.11 Å². The number of halogens is 2. The molecule has 0 fully saturated rings. The van der Waals surface area contributed by atoms with Gasteiger partial charge in [-0.25, -0.2) is 0 Å². The Morgan fingerprint density at radius 3 is 2.50 bits per heavy atom. The number of hydrogen-bond donors (Lipinski definition) is 2. The molecule has 0 aliphatic rings. The molecule has 3 nitrogen and oxygen atoms in total. The normalized spacial score (nSPS) is 11.7. The Balaban J connectivity index is 0.00000169. The highest BCUT2D eigenvalue weighted by molar-refractivity contribution is 6.32. The van der Waals surface area contributed by atoms with Gasteiger partial charge in [-0.15, -0.1) is 12.4 Å². The van der Waals surface area contributed by atoms with Gasteiger partial charge in [0.15, 0.2) is 11.5 Å². The second-order valence-corrected chi connectivity index (χ2v) is 3.25. The number of phenolic OH excluding ortho intramolecular Hbond substituents is 1. The minimum atomic E-state index is -0.132. The highest BCUT2D eigenvalue weighted by atomic mass is 35.5. The maximum absolute atomic E-state index is 9.41. The van der Waals surface area contributed by atoms with Crippen molar-refractivity contribution < 1.29 is 9.84 Å². The average Bonchev–Trinajstić information content (AvgIpc) is 2.09. The van der Waals surface area contributed by atoms with Crippen molar-refractivity contribution in [3.63, 3.8) is 0 Å². The summed E-state index contributed by atoms with van der Waals surface area (Å²) in [6, 6.07) is 3.17. The van der Waals surface area contributed by atoms with Gasteiger partial charge in [0.1, 0.15) is 0 Å². The summed E-state index contributed by atoms with van der Waals surface area (Å²) in [6.45, 7) is 1.84. The number of phenols is 1. The van der Waals surface area contributed by atoms with Gasteiger partial charge in [-0.1, -0.05) is 11.6 Å². The zero-order valence-electron chi connectivity index (χ0n) is 7.95. The molecule has 14 heavy (non-hydrogen) atoms. The van der Waals surface area contributed by atoms with Crippen LogP contribution in [0.2, 0.25) is 5.02 Å². The molecular formula is C9H13Cl2NO2. The van der Waals surface area contributed by atoms with Crippen molar-refractivity contribution in [3.8, 4) is 11.5 Å². The predicted octanol–water partition coefficient (Wildman–Crippen LogP) is 2.50. The Labute approximate surface area is 94.2 Å². The van der Waals surface area contributed by atoms with E-state index in [4.69, 9.17) is 22.1 Å². The summed E-state index contributed by atoms with van der Waals surface area (Å²) < 4.78 is 4.93. The Morgan fingerprint density at radius 2 is 2.07 bits per heavy atom. The van der Waals surface area contributed by atoms with Crippen molar-refractivity contribution in [1.29, 1.82) is 0 Å². The van der Waals surface area contributed by atoms with Crippen LogP contribution < -0.4 is 10.5 Å². The largest absolute Gasteiger partial charge is 0.503 e. The average molecular weight is 238 g/mol. The van der Waals surface area contributed by atoms with Crippen LogP contribution in [0.25, 0.3) is 0 Å². The lowest BCUT2D eigenvalue weighted by molar-refractivity contribution is 0.373. The number of hydrogen-bond acceptors (Lipinski definition) is 3. The number of ether oxygens (including phenoxy) is 1. The molecule has 1 atom stereocenters. The fourth-order valence-corrected chi connectivity index (χ4v) is 1.23. The van der Waals surface area contributed by atoms with Crippen molar-refractivity contribution in [2.45, 2.75) is 13.0 Å². The molecule has 0 aliphatic heterocycles. The van der Waals surface area contributed by atoms with Gasteiger partial charge in [0.25, 0.3) is 0 Å². The Morgan fingerprint density at radius 1 is 1.50 bits per heavy atom. The maximum atomic E-state index is 9.41. The molecule has 5 heteroatoms. The third kappa shape index (κ3) is 2.67. The molecule has 0 saturated heterocycles. The van der Waals surface area contributed by atoms with Crippen molar-refractivity contribution in [2.24, 2.45) is 5.73 Å². The summed E-state index contributed by atoms with van der Waals surface area (Å²) in [6.07, 6.45) is 0. The van der Waals surface area contributed by atoms with Gasteiger partial charge in [-0.3, -0.25) is 0 Å². The Hall–Kier alpha value is -0.640. The highest BCUT2D eigenvalue weighted by Gasteiger charge is 2.10. The molecule has 0 spiro atoms. The molecule has 0 amide bonds. The van der Waals surface area contributed by atoms with Crippen LogP contribution in [-0.4, -0.2) is 12.2 Å². The zero-order valence-corrected chi connectivity index (χ0v) is 9.52. The molecule has 1 aromatic rings. The number of rotatable bonds is 2. The number of benzene rings is 1. The topological polar surface area (TPSA) is 55.5 Å². The standard InChI is InChI=1S/C9H12ClNO2.ClH/c1-5(11)6-3-7(10)9(12)8(4-6)13-2;/h3-5,12H,11H2,1-2H3;1H/t5-;/m1./s1. The highest BCUT2D eigenvalue weighted by Crippen LogP contribution is 2.36. The Bertz CT molecular complexity index is 316. The first-order valence-corrected chi connectivity index (χ1v) is 4.26. The van der Waals surface area contributed by atoms with Crippen LogP contribution in [0.1, 0.15) is 18.5 Å². The summed E-state index contributed by atoms with van der Waals surface area (Å²) in [5, 5.41) is 9.66. The van der Waals surface area contributed by atoms with Crippen molar-refractivity contribution >= 4 is 24.0 Å². The SMILES string of the molecule is COc1cc([C@@H](C)N)cc(Cl)c1O.Cl. The maximum Gasteiger partial charge on any atom is 0.176 e. The summed E-state index contributed by atoms with van der Waals surface area (Å²) in [5.41, 5.74) is 6.49. The van der Waals surface area contributed by atoms with E-state index < -0.39 is 0 Å². The summed E-state index contributed by atoms with van der Waals surface area (Å²) >= 11 is 5.76. The van der Waals surface area contributed by atoms with E-state index in [9.17, 15) is 5.11 Å². The monoisotopic (exact) mass is 237 g/mol. The quantitative estimate of drug-likeness (QED) is 0.832. The van der Waals surface area contributed by atoms with Crippen molar-refractivity contribution in [1.82, 2.24) is 0 Å². The fourth-order valence-electron chi connectivity index (χ4n) is 1.01. The number of aromatic hydroxyl groups is 1. The van der Waals surface area contributed by atoms with E-state index in [1.807, 2.05) is 6.92 Å². The molecule has 0 aromatic heterocycles. The smallest absolute Gasteiger partial charge is 0.176 e. The van der Waals surface area contributed by atoms with E-state index in [1.165, 1.54) is 7.11 Å². The molecular weight excluding hydrogens is 225 g/mol. The van der Waals surface area contributed by atoms with Crippen LogP contribution in [0.4, 0.5) is 0 Å². The van der Waals surface area contributed by atoms with Crippen LogP contribution in [-0.2, 0) is 0 Å². The summed E-state index contributed by atoms with van der Waals surface area (Å²) in [7, 11) is 1.47. The summed E-state index contributed by atoms with van der Waals surface area (Å²) in [4.78, 5) is 0. The number of methoxy groups -OCH3 is 1. The van der Waals surface area contributed by atoms with Crippen LogP contribution in [0.15, 0.2) is 12.1 Å². The van der Waals surface area contributed by atoms with Gasteiger partial charge in [0.05, 0.1) is 12.1 Å². The van der Waals surface area contributed by atoms with Crippen molar-refractivity contribution in [3.05, 3.63) is 22.7 Å². The van der Waals surface area contributed by atoms with Gasteiger partial charge in [-0.2, -0.15) is 0 Å². The number of nitrogens with two attached hydrogens (primary N) is 1. The zero-order chi connectivity index (χ0) is 10.0. The molecule has 1 rings (SSSR count). The van der Waals surface area contributed by atoms with E-state index >= 15 is 0 Å². The van der Waals surface area contributed by atoms with E-state index in [0.717, 1.165) is 5.56 Å². The lowest BCUT2D eigenvalue weighted by atomic mass is 10.1. The van der Waals surface area contributed by atoms with Crippen LogP contribution in [0, 0.1) is 0 Å². The molecule has 1 aromatic carbocycles. The molecule has 80 valence electrons. The molecule has 0 aliphatic carbocycles. The lowest BCUT2D eigenvalue weighted by Crippen LogP contribution is -2.05. The molecule has 3 N–H and O–H groups in total. The molecule has 0 unspecified atom stereocenters. The summed E-state index contributed by atoms with van der Waals surface area (Å²) in [5.74, 6) is 0.299. The van der Waals surface area contributed by atoms with E-state index in [0.29, 0.717) is 5.75 Å². The Kier molecular flexibility index (Phi) is 5.05. The predicted molar refractivity (Wildman–Crippen MR) is 59.5 cm³/mol. The minimum Gasteiger partial charge on any atom is -0.503 e. The molecule has 0 heterocycles. The van der Waals surface area contributed by atoms with Gasteiger partial charge in [0, 0.05) is 6.04 Å². The molecule has 0 saturated carbocycles. The van der Waals surface area contributed by atoms with Crippen LogP contribution in [0.5, 0.6) is 11.5 Å². The van der Waals surface area contributed by atoms with E-state index in [2.05, 4.69) is 0 Å². The molecule has 0 radical (unpaired) electrons. The van der Waals surface area contributed by atoms with Gasteiger partial charge in [0.2, 0.25) is 0 Å².